The maximum Gasteiger partial charge on any atom is 0.573 e. The van der Waals surface area contributed by atoms with Crippen molar-refractivity contribution >= 4 is 39.1 Å². The van der Waals surface area contributed by atoms with Crippen molar-refractivity contribution in [1.29, 1.82) is 0 Å². The molecule has 0 saturated heterocycles. The molecule has 3 rings (SSSR count). The topological polar surface area (TPSA) is 103 Å². The van der Waals surface area contributed by atoms with E-state index in [0.717, 1.165) is 16.8 Å². The van der Waals surface area contributed by atoms with Crippen molar-refractivity contribution in [3.05, 3.63) is 63.2 Å². The molecule has 182 valence electrons. The Morgan fingerprint density at radius 2 is 1.59 bits per heavy atom. The molecule has 2 aromatic carbocycles. The summed E-state index contributed by atoms with van der Waals surface area (Å²) in [5.41, 5.74) is -1.12. The number of nitrogens with one attached hydrogen (secondary N) is 1. The third kappa shape index (κ3) is 5.20. The van der Waals surface area contributed by atoms with Crippen LogP contribution in [0.2, 0.25) is 10.0 Å². The molecule has 1 aromatic heterocycles. The summed E-state index contributed by atoms with van der Waals surface area (Å²) in [6.45, 7) is 1.19. The molecule has 0 radical (unpaired) electrons. The summed E-state index contributed by atoms with van der Waals surface area (Å²) in [6.07, 6.45) is -5.03. The number of alkyl halides is 3. The molecule has 0 unspecified atom stereocenters. The van der Waals surface area contributed by atoms with Gasteiger partial charge in [-0.1, -0.05) is 28.4 Å². The second kappa shape index (κ2) is 8.96. The number of carbonyl (C=O) groups is 1. The van der Waals surface area contributed by atoms with Crippen molar-refractivity contribution in [3.8, 4) is 11.4 Å². The van der Waals surface area contributed by atoms with E-state index in [9.17, 15) is 39.6 Å². The van der Waals surface area contributed by atoms with Gasteiger partial charge in [-0.05, 0) is 6.92 Å². The zero-order valence-electron chi connectivity index (χ0n) is 16.2. The zero-order chi connectivity index (χ0) is 25.6. The number of hydrogen-bond acceptors (Lipinski definition) is 6. The van der Waals surface area contributed by atoms with Crippen molar-refractivity contribution in [2.75, 3.05) is 0 Å². The standard InChI is InChI=1S/C17H8Cl2F6N4O4S/c1-6-13(16(30)27-34(31,32)15-11(21)2-7(20)3-12(15)22)26-28-29(6)14-9(18)4-8(5-10(14)19)33-17(23,24)25/h2-5H,1H3,(H,27,30). The Bertz CT molecular complexity index is 1370. The lowest BCUT2D eigenvalue weighted by atomic mass is 10.2. The van der Waals surface area contributed by atoms with Crippen molar-refractivity contribution < 1.29 is 44.3 Å². The van der Waals surface area contributed by atoms with Crippen LogP contribution in [0, 0.1) is 24.4 Å². The van der Waals surface area contributed by atoms with Crippen LogP contribution < -0.4 is 9.46 Å². The Balaban J connectivity index is 1.95. The third-order valence-corrected chi connectivity index (χ3v) is 5.96. The van der Waals surface area contributed by atoms with E-state index >= 15 is 0 Å². The fourth-order valence-corrected chi connectivity index (χ4v) is 4.40. The first-order valence-corrected chi connectivity index (χ1v) is 10.7. The fourth-order valence-electron chi connectivity index (χ4n) is 2.70. The summed E-state index contributed by atoms with van der Waals surface area (Å²) in [6, 6.07) is 1.70. The summed E-state index contributed by atoms with van der Waals surface area (Å²) in [7, 11) is -5.17. The predicted molar refractivity (Wildman–Crippen MR) is 104 cm³/mol. The number of ether oxygens (including phenoxy) is 1. The van der Waals surface area contributed by atoms with Crippen molar-refractivity contribution in [2.24, 2.45) is 0 Å². The highest BCUT2D eigenvalue weighted by atomic mass is 35.5. The van der Waals surface area contributed by atoms with Gasteiger partial charge in [0.25, 0.3) is 15.9 Å². The van der Waals surface area contributed by atoms with E-state index < -0.39 is 66.1 Å². The molecule has 1 N–H and O–H groups in total. The first-order valence-electron chi connectivity index (χ1n) is 8.50. The van der Waals surface area contributed by atoms with Gasteiger partial charge in [0, 0.05) is 24.3 Å². The summed E-state index contributed by atoms with van der Waals surface area (Å²) < 4.78 is 108. The normalized spacial score (nSPS) is 12.0. The number of sulfonamides is 1. The highest BCUT2D eigenvalue weighted by Gasteiger charge is 2.33. The van der Waals surface area contributed by atoms with E-state index in [4.69, 9.17) is 23.2 Å². The van der Waals surface area contributed by atoms with Gasteiger partial charge in [0.05, 0.1) is 15.7 Å². The molecule has 0 fully saturated rings. The number of nitrogens with zero attached hydrogens (tertiary/aromatic N) is 3. The Morgan fingerprint density at radius 1 is 1.06 bits per heavy atom. The highest BCUT2D eigenvalue weighted by Crippen LogP contribution is 2.36. The van der Waals surface area contributed by atoms with E-state index in [-0.39, 0.29) is 23.5 Å². The largest absolute Gasteiger partial charge is 0.573 e. The lowest BCUT2D eigenvalue weighted by Gasteiger charge is -2.13. The molecule has 3 aromatic rings. The Labute approximate surface area is 196 Å². The minimum atomic E-state index is -5.17. The molecule has 8 nitrogen and oxygen atoms in total. The summed E-state index contributed by atoms with van der Waals surface area (Å²) in [5, 5.41) is 6.20. The molecule has 0 aliphatic heterocycles. The second-order valence-electron chi connectivity index (χ2n) is 6.35. The lowest BCUT2D eigenvalue weighted by molar-refractivity contribution is -0.274. The summed E-state index contributed by atoms with van der Waals surface area (Å²) >= 11 is 11.9. The SMILES string of the molecule is Cc1c(C(=O)NS(=O)(=O)c2c(F)cc(F)cc2F)nnn1-c1c(Cl)cc(OC(F)(F)F)cc1Cl. The quantitative estimate of drug-likeness (QED) is 0.476. The molecule has 0 saturated carbocycles. The number of rotatable bonds is 5. The zero-order valence-corrected chi connectivity index (χ0v) is 18.5. The van der Waals surface area contributed by atoms with Crippen LogP contribution in [-0.2, 0) is 10.0 Å². The van der Waals surface area contributed by atoms with E-state index in [1.807, 2.05) is 0 Å². The third-order valence-electron chi connectivity index (χ3n) is 4.00. The molecule has 0 atom stereocenters. The molecule has 0 bridgehead atoms. The van der Waals surface area contributed by atoms with Gasteiger partial charge in [0.15, 0.2) is 10.6 Å². The van der Waals surface area contributed by atoms with E-state index in [1.54, 1.807) is 0 Å². The summed E-state index contributed by atoms with van der Waals surface area (Å²) in [5.74, 6) is -7.22. The van der Waals surface area contributed by atoms with Crippen LogP contribution in [0.5, 0.6) is 5.75 Å². The molecule has 1 heterocycles. The van der Waals surface area contributed by atoms with Crippen LogP contribution in [0.4, 0.5) is 26.3 Å². The molecule has 34 heavy (non-hydrogen) atoms. The maximum absolute atomic E-state index is 13.8. The van der Waals surface area contributed by atoms with Crippen LogP contribution in [0.15, 0.2) is 29.2 Å². The first kappa shape index (κ1) is 25.6. The monoisotopic (exact) mass is 548 g/mol. The number of halogens is 8. The van der Waals surface area contributed by atoms with Crippen LogP contribution in [0.1, 0.15) is 16.2 Å². The van der Waals surface area contributed by atoms with Crippen molar-refractivity contribution in [1.82, 2.24) is 19.7 Å². The van der Waals surface area contributed by atoms with Gasteiger partial charge in [-0.25, -0.2) is 31.0 Å². The van der Waals surface area contributed by atoms with Gasteiger partial charge in [-0.2, -0.15) is 0 Å². The van der Waals surface area contributed by atoms with Gasteiger partial charge < -0.3 is 4.74 Å². The van der Waals surface area contributed by atoms with Gasteiger partial charge >= 0.3 is 6.36 Å². The highest BCUT2D eigenvalue weighted by molar-refractivity contribution is 7.90. The van der Waals surface area contributed by atoms with Crippen molar-refractivity contribution in [2.45, 2.75) is 18.2 Å². The lowest BCUT2D eigenvalue weighted by Crippen LogP contribution is -2.32. The smallest absolute Gasteiger partial charge is 0.406 e. The van der Waals surface area contributed by atoms with E-state index in [2.05, 4.69) is 15.0 Å². The Hall–Kier alpha value is -3.04. The van der Waals surface area contributed by atoms with Gasteiger partial charge in [-0.15, -0.1) is 18.3 Å². The van der Waals surface area contributed by atoms with Crippen LogP contribution >= 0.6 is 23.2 Å². The van der Waals surface area contributed by atoms with Gasteiger partial charge in [0.1, 0.15) is 28.9 Å². The van der Waals surface area contributed by atoms with Crippen molar-refractivity contribution in [3.63, 3.8) is 0 Å². The van der Waals surface area contributed by atoms with Gasteiger partial charge in [0.2, 0.25) is 0 Å². The van der Waals surface area contributed by atoms with E-state index in [1.165, 1.54) is 11.6 Å². The van der Waals surface area contributed by atoms with Crippen LogP contribution in [0.3, 0.4) is 0 Å². The predicted octanol–water partition coefficient (Wildman–Crippen LogP) is 4.32. The number of amides is 1. The first-order chi connectivity index (χ1) is 15.6. The van der Waals surface area contributed by atoms with E-state index in [0.29, 0.717) is 0 Å². The minimum Gasteiger partial charge on any atom is -0.406 e. The molecule has 0 spiro atoms. The average Bonchev–Trinajstić information content (AvgIpc) is 2.99. The second-order valence-corrected chi connectivity index (χ2v) is 8.79. The Morgan fingerprint density at radius 3 is 2.09 bits per heavy atom. The molecule has 17 heteroatoms. The minimum absolute atomic E-state index is 0.0970. The van der Waals surface area contributed by atoms with Crippen LogP contribution in [0.25, 0.3) is 5.69 Å². The van der Waals surface area contributed by atoms with Gasteiger partial charge in [-0.3, -0.25) is 4.79 Å². The number of aromatic nitrogens is 3. The molecule has 1 amide bonds. The summed E-state index contributed by atoms with van der Waals surface area (Å²) in [4.78, 5) is 10.8. The number of hydrogen-bond donors (Lipinski definition) is 1. The Kier molecular flexibility index (Phi) is 6.74. The van der Waals surface area contributed by atoms with Crippen LogP contribution in [-0.4, -0.2) is 35.7 Å². The fraction of sp³-hybridized carbons (Fsp3) is 0.118. The number of carbonyl (C=O) groups excluding carboxylic acids is 1. The molecular weight excluding hydrogens is 541 g/mol. The molecule has 0 aliphatic rings. The average molecular weight is 549 g/mol. The maximum atomic E-state index is 13.8. The molecule has 0 aliphatic carbocycles. The number of benzene rings is 2. The molecular formula is C17H8Cl2F6N4O4S.